The van der Waals surface area contributed by atoms with Crippen molar-refractivity contribution < 1.29 is 14.2 Å². The van der Waals surface area contributed by atoms with Crippen LogP contribution in [0.4, 0.5) is 5.69 Å². The second-order valence-electron chi connectivity index (χ2n) is 2.89. The van der Waals surface area contributed by atoms with Crippen molar-refractivity contribution in [1.82, 2.24) is 5.32 Å². The molecule has 0 saturated heterocycles. The fourth-order valence-electron chi connectivity index (χ4n) is 1.15. The third kappa shape index (κ3) is 2.66. The number of methoxy groups -OCH3 is 2. The molecule has 0 saturated carbocycles. The van der Waals surface area contributed by atoms with Gasteiger partial charge in [-0.1, -0.05) is 0 Å². The average molecular weight is 212 g/mol. The van der Waals surface area contributed by atoms with Crippen LogP contribution in [0, 0.1) is 0 Å². The van der Waals surface area contributed by atoms with E-state index in [-0.39, 0.29) is 0 Å². The Morgan fingerprint density at radius 3 is 2.27 bits per heavy atom. The molecule has 1 aromatic carbocycles. The largest absolute Gasteiger partial charge is 0.493 e. The highest BCUT2D eigenvalue weighted by atomic mass is 16.5. The Labute approximate surface area is 89.1 Å². The molecule has 5 nitrogen and oxygen atoms in total. The monoisotopic (exact) mass is 212 g/mol. The van der Waals surface area contributed by atoms with Crippen LogP contribution in [0.2, 0.25) is 0 Å². The van der Waals surface area contributed by atoms with Gasteiger partial charge in [-0.2, -0.15) is 0 Å². The van der Waals surface area contributed by atoms with Gasteiger partial charge in [0.05, 0.1) is 19.9 Å². The van der Waals surface area contributed by atoms with E-state index < -0.39 is 0 Å². The predicted molar refractivity (Wildman–Crippen MR) is 58.5 cm³/mol. The Balaban J connectivity index is 2.97. The lowest BCUT2D eigenvalue weighted by Crippen LogP contribution is -2.14. The number of rotatable bonds is 5. The molecular formula is C10H16N2O3. The molecular weight excluding hydrogens is 196 g/mol. The fraction of sp³-hybridized carbons (Fsp3) is 0.400. The maximum absolute atomic E-state index is 5.77. The van der Waals surface area contributed by atoms with Gasteiger partial charge in [0, 0.05) is 12.1 Å². The number of hydrogen-bond acceptors (Lipinski definition) is 5. The van der Waals surface area contributed by atoms with Crippen LogP contribution < -0.4 is 25.3 Å². The van der Waals surface area contributed by atoms with Crippen molar-refractivity contribution in [2.24, 2.45) is 0 Å². The van der Waals surface area contributed by atoms with Crippen LogP contribution in [0.3, 0.4) is 0 Å². The van der Waals surface area contributed by atoms with Gasteiger partial charge in [0.2, 0.25) is 0 Å². The van der Waals surface area contributed by atoms with Crippen molar-refractivity contribution >= 4 is 5.69 Å². The molecule has 0 heterocycles. The van der Waals surface area contributed by atoms with Crippen LogP contribution in [0.15, 0.2) is 12.1 Å². The number of ether oxygens (including phenoxy) is 3. The van der Waals surface area contributed by atoms with E-state index in [4.69, 9.17) is 19.9 Å². The van der Waals surface area contributed by atoms with Gasteiger partial charge in [-0.25, -0.2) is 0 Å². The van der Waals surface area contributed by atoms with E-state index in [2.05, 4.69) is 5.32 Å². The highest BCUT2D eigenvalue weighted by Gasteiger charge is 2.09. The van der Waals surface area contributed by atoms with Gasteiger partial charge < -0.3 is 19.9 Å². The van der Waals surface area contributed by atoms with Crippen molar-refractivity contribution in [3.05, 3.63) is 12.1 Å². The van der Waals surface area contributed by atoms with Crippen molar-refractivity contribution in [3.8, 4) is 17.2 Å². The van der Waals surface area contributed by atoms with Crippen molar-refractivity contribution in [2.75, 3.05) is 33.7 Å². The van der Waals surface area contributed by atoms with E-state index in [0.717, 1.165) is 0 Å². The highest BCUT2D eigenvalue weighted by molar-refractivity contribution is 5.61. The van der Waals surface area contributed by atoms with E-state index in [1.54, 1.807) is 33.4 Å². The molecule has 5 heteroatoms. The molecule has 0 amide bonds. The first-order valence-corrected chi connectivity index (χ1v) is 4.51. The second-order valence-corrected chi connectivity index (χ2v) is 2.89. The fourth-order valence-corrected chi connectivity index (χ4v) is 1.15. The third-order valence-electron chi connectivity index (χ3n) is 1.89. The third-order valence-corrected chi connectivity index (χ3v) is 1.89. The first-order chi connectivity index (χ1) is 7.22. The molecule has 0 unspecified atom stereocenters. The molecule has 0 bridgehead atoms. The zero-order valence-electron chi connectivity index (χ0n) is 9.16. The minimum Gasteiger partial charge on any atom is -0.493 e. The summed E-state index contributed by atoms with van der Waals surface area (Å²) in [5, 5.41) is 2.86. The normalized spacial score (nSPS) is 9.80. The zero-order valence-corrected chi connectivity index (χ0v) is 9.16. The number of nitrogens with one attached hydrogen (secondary N) is 1. The maximum Gasteiger partial charge on any atom is 0.164 e. The van der Waals surface area contributed by atoms with Gasteiger partial charge >= 0.3 is 0 Å². The Morgan fingerprint density at radius 1 is 1.13 bits per heavy atom. The van der Waals surface area contributed by atoms with Gasteiger partial charge in [0.1, 0.15) is 12.5 Å². The Kier molecular flexibility index (Phi) is 4.05. The topological polar surface area (TPSA) is 65.7 Å². The minimum absolute atomic E-state index is 0.389. The molecule has 1 rings (SSSR count). The molecule has 0 aromatic heterocycles. The number of nitrogens with two attached hydrogens (primary N) is 1. The maximum atomic E-state index is 5.77. The highest BCUT2D eigenvalue weighted by Crippen LogP contribution is 2.35. The minimum atomic E-state index is 0.389. The Bertz CT molecular complexity index is 329. The second kappa shape index (κ2) is 5.31. The van der Waals surface area contributed by atoms with Crippen LogP contribution >= 0.6 is 0 Å². The molecule has 0 fully saturated rings. The van der Waals surface area contributed by atoms with Crippen LogP contribution in [0.25, 0.3) is 0 Å². The quantitative estimate of drug-likeness (QED) is 0.559. The van der Waals surface area contributed by atoms with Gasteiger partial charge in [-0.3, -0.25) is 5.32 Å². The summed E-state index contributed by atoms with van der Waals surface area (Å²) < 4.78 is 15.6. The summed E-state index contributed by atoms with van der Waals surface area (Å²) in [6.07, 6.45) is 0. The molecule has 0 aliphatic heterocycles. The molecule has 15 heavy (non-hydrogen) atoms. The molecule has 0 radical (unpaired) electrons. The van der Waals surface area contributed by atoms with E-state index >= 15 is 0 Å². The summed E-state index contributed by atoms with van der Waals surface area (Å²) in [5.41, 5.74) is 6.29. The van der Waals surface area contributed by atoms with E-state index in [9.17, 15) is 0 Å². The van der Waals surface area contributed by atoms with Crippen molar-refractivity contribution in [1.29, 1.82) is 0 Å². The van der Waals surface area contributed by atoms with E-state index in [1.807, 2.05) is 0 Å². The number of anilines is 1. The van der Waals surface area contributed by atoms with Gasteiger partial charge in [0.15, 0.2) is 11.5 Å². The number of benzene rings is 1. The van der Waals surface area contributed by atoms with E-state index in [1.165, 1.54) is 0 Å². The summed E-state index contributed by atoms with van der Waals surface area (Å²) in [6, 6.07) is 3.37. The van der Waals surface area contributed by atoms with Crippen LogP contribution in [-0.2, 0) is 0 Å². The lowest BCUT2D eigenvalue weighted by Gasteiger charge is -2.13. The lowest BCUT2D eigenvalue weighted by atomic mass is 10.2. The summed E-state index contributed by atoms with van der Waals surface area (Å²) in [5.74, 6) is 1.76. The van der Waals surface area contributed by atoms with Gasteiger partial charge in [-0.15, -0.1) is 0 Å². The van der Waals surface area contributed by atoms with Crippen LogP contribution in [-0.4, -0.2) is 28.0 Å². The molecule has 1 aromatic rings. The Hall–Kier alpha value is -1.62. The first-order valence-electron chi connectivity index (χ1n) is 4.51. The molecule has 0 aliphatic carbocycles. The van der Waals surface area contributed by atoms with Crippen molar-refractivity contribution in [2.45, 2.75) is 0 Å². The molecule has 84 valence electrons. The summed E-state index contributed by atoms with van der Waals surface area (Å²) in [6.45, 7) is 0.389. The zero-order chi connectivity index (χ0) is 11.3. The smallest absolute Gasteiger partial charge is 0.164 e. The van der Waals surface area contributed by atoms with E-state index in [0.29, 0.717) is 29.7 Å². The molecule has 0 aliphatic rings. The Morgan fingerprint density at radius 2 is 1.73 bits per heavy atom. The molecule has 0 spiro atoms. The summed E-state index contributed by atoms with van der Waals surface area (Å²) in [4.78, 5) is 0. The molecule has 0 atom stereocenters. The standard InChI is InChI=1S/C10H16N2O3/c1-12-6-15-8-5-10(14-3)9(13-2)4-7(8)11/h4-5,12H,6,11H2,1-3H3. The van der Waals surface area contributed by atoms with Crippen LogP contribution in [0.1, 0.15) is 0 Å². The van der Waals surface area contributed by atoms with Gasteiger partial charge in [0.25, 0.3) is 0 Å². The SMILES string of the molecule is CNCOc1cc(OC)c(OC)cc1N. The summed E-state index contributed by atoms with van der Waals surface area (Å²) >= 11 is 0. The first kappa shape index (κ1) is 11.5. The summed E-state index contributed by atoms with van der Waals surface area (Å²) in [7, 11) is 4.91. The predicted octanol–water partition coefficient (Wildman–Crippen LogP) is 0.842. The van der Waals surface area contributed by atoms with Gasteiger partial charge in [-0.05, 0) is 7.05 Å². The van der Waals surface area contributed by atoms with Crippen molar-refractivity contribution in [3.63, 3.8) is 0 Å². The number of nitrogen functional groups attached to an aromatic ring is 1. The molecule has 3 N–H and O–H groups in total. The number of hydrogen-bond donors (Lipinski definition) is 2. The van der Waals surface area contributed by atoms with Crippen LogP contribution in [0.5, 0.6) is 17.2 Å². The average Bonchev–Trinajstić information content (AvgIpc) is 2.27. The lowest BCUT2D eigenvalue weighted by molar-refractivity contribution is 0.293.